The molecular weight excluding hydrogens is 277 g/mol. The molecular formula is C12H13F3N2O3. The molecule has 0 aliphatic rings. The summed E-state index contributed by atoms with van der Waals surface area (Å²) in [5.41, 5.74) is -1.48. The first-order chi connectivity index (χ1) is 9.13. The van der Waals surface area contributed by atoms with Crippen molar-refractivity contribution < 1.29 is 27.9 Å². The maximum absolute atomic E-state index is 12.9. The largest absolute Gasteiger partial charge is 0.481 e. The van der Waals surface area contributed by atoms with Crippen LogP contribution in [0.5, 0.6) is 0 Å². The fourth-order valence-corrected chi connectivity index (χ4v) is 1.18. The van der Waals surface area contributed by atoms with Gasteiger partial charge in [0.2, 0.25) is 0 Å². The maximum Gasteiger partial charge on any atom is 0.319 e. The number of urea groups is 1. The van der Waals surface area contributed by atoms with E-state index in [0.717, 1.165) is 0 Å². The van der Waals surface area contributed by atoms with Gasteiger partial charge >= 0.3 is 12.0 Å². The minimum Gasteiger partial charge on any atom is -0.481 e. The summed E-state index contributed by atoms with van der Waals surface area (Å²) in [6, 6.07) is 0.366. The zero-order valence-corrected chi connectivity index (χ0v) is 10.8. The molecule has 0 atom stereocenters. The Morgan fingerprint density at radius 3 is 2.15 bits per heavy atom. The molecule has 5 nitrogen and oxygen atoms in total. The molecule has 20 heavy (non-hydrogen) atoms. The Kier molecular flexibility index (Phi) is 4.59. The van der Waals surface area contributed by atoms with Crippen LogP contribution in [-0.2, 0) is 4.79 Å². The van der Waals surface area contributed by atoms with E-state index < -0.39 is 34.9 Å². The molecule has 2 amide bonds. The first kappa shape index (κ1) is 15.8. The van der Waals surface area contributed by atoms with Crippen molar-refractivity contribution in [3.8, 4) is 0 Å². The van der Waals surface area contributed by atoms with Crippen molar-refractivity contribution in [3.05, 3.63) is 29.6 Å². The lowest BCUT2D eigenvalue weighted by molar-refractivity contribution is -0.146. The highest BCUT2D eigenvalue weighted by Gasteiger charge is 2.27. The van der Waals surface area contributed by atoms with E-state index in [1.54, 1.807) is 0 Å². The van der Waals surface area contributed by atoms with E-state index in [1.165, 1.54) is 13.8 Å². The molecule has 0 fully saturated rings. The Balaban J connectivity index is 2.66. The number of rotatable bonds is 4. The van der Waals surface area contributed by atoms with Gasteiger partial charge in [0.25, 0.3) is 0 Å². The number of aliphatic carboxylic acids is 1. The van der Waals surface area contributed by atoms with E-state index >= 15 is 0 Å². The second-order valence-electron chi connectivity index (χ2n) is 4.75. The van der Waals surface area contributed by atoms with Gasteiger partial charge in [-0.3, -0.25) is 4.79 Å². The average molecular weight is 290 g/mol. The fraction of sp³-hybridized carbons (Fsp3) is 0.333. The number of carbonyl (C=O) groups is 2. The van der Waals surface area contributed by atoms with Crippen molar-refractivity contribution in [3.63, 3.8) is 0 Å². The van der Waals surface area contributed by atoms with Gasteiger partial charge in [-0.1, -0.05) is 0 Å². The second-order valence-corrected chi connectivity index (χ2v) is 4.75. The van der Waals surface area contributed by atoms with E-state index in [-0.39, 0.29) is 12.2 Å². The van der Waals surface area contributed by atoms with Crippen LogP contribution in [0.3, 0.4) is 0 Å². The standard InChI is InChI=1S/C12H13F3N2O3/c1-12(2,10(18)19)5-16-11(20)17-6-3-7(13)9(15)8(14)4-6/h3-4H,5H2,1-2H3,(H,18,19)(H2,16,17,20). The highest BCUT2D eigenvalue weighted by atomic mass is 19.2. The van der Waals surface area contributed by atoms with Gasteiger partial charge in [0.05, 0.1) is 5.41 Å². The molecule has 0 radical (unpaired) electrons. The molecule has 0 bridgehead atoms. The Labute approximate surface area is 112 Å². The molecule has 0 spiro atoms. The first-order valence-electron chi connectivity index (χ1n) is 5.56. The number of hydrogen-bond acceptors (Lipinski definition) is 2. The average Bonchev–Trinajstić information content (AvgIpc) is 2.33. The molecule has 1 aromatic rings. The molecule has 110 valence electrons. The molecule has 0 saturated carbocycles. The molecule has 1 rings (SSSR count). The number of halogens is 3. The lowest BCUT2D eigenvalue weighted by Gasteiger charge is -2.19. The Morgan fingerprint density at radius 2 is 1.70 bits per heavy atom. The Hall–Kier alpha value is -2.25. The van der Waals surface area contributed by atoms with Crippen LogP contribution in [0.2, 0.25) is 0 Å². The number of carboxylic acid groups (broad SMARTS) is 1. The molecule has 8 heteroatoms. The van der Waals surface area contributed by atoms with Crippen molar-refractivity contribution in [2.75, 3.05) is 11.9 Å². The Bertz CT molecular complexity index is 524. The summed E-state index contributed by atoms with van der Waals surface area (Å²) in [7, 11) is 0. The topological polar surface area (TPSA) is 78.4 Å². The molecule has 0 saturated heterocycles. The molecule has 3 N–H and O–H groups in total. The molecule has 0 unspecified atom stereocenters. The van der Waals surface area contributed by atoms with Gasteiger partial charge in [0, 0.05) is 24.4 Å². The normalized spacial score (nSPS) is 11.1. The van der Waals surface area contributed by atoms with E-state index in [9.17, 15) is 22.8 Å². The summed E-state index contributed by atoms with van der Waals surface area (Å²) in [6.07, 6.45) is 0. The van der Waals surface area contributed by atoms with Crippen LogP contribution >= 0.6 is 0 Å². The summed E-state index contributed by atoms with van der Waals surface area (Å²) in [6.45, 7) is 2.60. The highest BCUT2D eigenvalue weighted by Crippen LogP contribution is 2.17. The molecule has 0 aliphatic carbocycles. The number of carboxylic acids is 1. The SMILES string of the molecule is CC(C)(CNC(=O)Nc1cc(F)c(F)c(F)c1)C(=O)O. The predicted octanol–water partition coefficient (Wildman–Crippen LogP) is 2.34. The first-order valence-corrected chi connectivity index (χ1v) is 5.56. The quantitative estimate of drug-likeness (QED) is 0.745. The van der Waals surface area contributed by atoms with Gasteiger partial charge in [-0.05, 0) is 13.8 Å². The van der Waals surface area contributed by atoms with Gasteiger partial charge < -0.3 is 15.7 Å². The number of benzene rings is 1. The smallest absolute Gasteiger partial charge is 0.319 e. The monoisotopic (exact) mass is 290 g/mol. The van der Waals surface area contributed by atoms with E-state index in [0.29, 0.717) is 12.1 Å². The van der Waals surface area contributed by atoms with E-state index in [1.807, 2.05) is 0 Å². The van der Waals surface area contributed by atoms with Crippen molar-refractivity contribution >= 4 is 17.7 Å². The minimum atomic E-state index is -1.64. The van der Waals surface area contributed by atoms with Gasteiger partial charge in [-0.2, -0.15) is 0 Å². The van der Waals surface area contributed by atoms with Gasteiger partial charge in [-0.25, -0.2) is 18.0 Å². The number of amides is 2. The van der Waals surface area contributed by atoms with Crippen LogP contribution in [-0.4, -0.2) is 23.7 Å². The molecule has 0 aromatic heterocycles. The third kappa shape index (κ3) is 3.87. The molecule has 0 aliphatic heterocycles. The van der Waals surface area contributed by atoms with E-state index in [4.69, 9.17) is 5.11 Å². The van der Waals surface area contributed by atoms with Crippen LogP contribution < -0.4 is 10.6 Å². The highest BCUT2D eigenvalue weighted by molar-refractivity contribution is 5.89. The van der Waals surface area contributed by atoms with Crippen molar-refractivity contribution in [1.82, 2.24) is 5.32 Å². The van der Waals surface area contributed by atoms with Crippen molar-refractivity contribution in [1.29, 1.82) is 0 Å². The fourth-order valence-electron chi connectivity index (χ4n) is 1.18. The van der Waals surface area contributed by atoms with Crippen LogP contribution in [0.1, 0.15) is 13.8 Å². The summed E-state index contributed by atoms with van der Waals surface area (Å²) >= 11 is 0. The summed E-state index contributed by atoms with van der Waals surface area (Å²) in [4.78, 5) is 22.2. The molecule has 1 aromatic carbocycles. The van der Waals surface area contributed by atoms with Crippen LogP contribution in [0.4, 0.5) is 23.7 Å². The third-order valence-electron chi connectivity index (χ3n) is 2.51. The van der Waals surface area contributed by atoms with Crippen LogP contribution in [0.15, 0.2) is 12.1 Å². The van der Waals surface area contributed by atoms with Gasteiger partial charge in [0.1, 0.15) is 0 Å². The second kappa shape index (κ2) is 5.81. The molecule has 0 heterocycles. The van der Waals surface area contributed by atoms with Crippen molar-refractivity contribution in [2.45, 2.75) is 13.8 Å². The number of nitrogens with one attached hydrogen (secondary N) is 2. The Morgan fingerprint density at radius 1 is 1.20 bits per heavy atom. The summed E-state index contributed by atoms with van der Waals surface area (Å²) < 4.78 is 38.5. The summed E-state index contributed by atoms with van der Waals surface area (Å²) in [5.74, 6) is -5.63. The van der Waals surface area contributed by atoms with E-state index in [2.05, 4.69) is 10.6 Å². The zero-order chi connectivity index (χ0) is 15.5. The number of hydrogen-bond donors (Lipinski definition) is 3. The summed E-state index contributed by atoms with van der Waals surface area (Å²) in [5, 5.41) is 13.1. The lowest BCUT2D eigenvalue weighted by Crippen LogP contribution is -2.40. The van der Waals surface area contributed by atoms with Gasteiger partial charge in [-0.15, -0.1) is 0 Å². The predicted molar refractivity (Wildman–Crippen MR) is 64.8 cm³/mol. The third-order valence-corrected chi connectivity index (χ3v) is 2.51. The van der Waals surface area contributed by atoms with Crippen molar-refractivity contribution in [2.24, 2.45) is 5.41 Å². The van der Waals surface area contributed by atoms with Crippen LogP contribution in [0.25, 0.3) is 0 Å². The van der Waals surface area contributed by atoms with Gasteiger partial charge in [0.15, 0.2) is 17.5 Å². The number of carbonyl (C=O) groups excluding carboxylic acids is 1. The maximum atomic E-state index is 12.9. The minimum absolute atomic E-state index is 0.194. The zero-order valence-electron chi connectivity index (χ0n) is 10.8. The number of anilines is 1. The lowest BCUT2D eigenvalue weighted by atomic mass is 9.94. The van der Waals surface area contributed by atoms with Crippen LogP contribution in [0, 0.1) is 22.9 Å².